The van der Waals surface area contributed by atoms with Crippen LogP contribution >= 0.6 is 0 Å². The van der Waals surface area contributed by atoms with Gasteiger partial charge < -0.3 is 35.7 Å². The maximum Gasteiger partial charge on any atom is 0.405 e. The highest BCUT2D eigenvalue weighted by Crippen LogP contribution is 2.34. The van der Waals surface area contributed by atoms with Gasteiger partial charge in [0.2, 0.25) is 11.6 Å². The van der Waals surface area contributed by atoms with E-state index >= 15 is 0 Å². The van der Waals surface area contributed by atoms with Crippen molar-refractivity contribution >= 4 is 29.1 Å². The molecule has 1 heterocycles. The van der Waals surface area contributed by atoms with Crippen molar-refractivity contribution in [3.8, 4) is 0 Å². The van der Waals surface area contributed by atoms with Crippen LogP contribution in [0.15, 0.2) is 95.4 Å². The summed E-state index contributed by atoms with van der Waals surface area (Å²) in [6, 6.07) is 8.69. The van der Waals surface area contributed by atoms with Crippen molar-refractivity contribution in [1.29, 1.82) is 0 Å². The third-order valence-corrected chi connectivity index (χ3v) is 8.43. The molecule has 0 saturated heterocycles. The lowest BCUT2D eigenvalue weighted by molar-refractivity contribution is -0.120. The van der Waals surface area contributed by atoms with Crippen molar-refractivity contribution in [2.24, 2.45) is 17.6 Å². The smallest absolute Gasteiger partial charge is 0.405 e. The molecular formula is C37H47N3O8. The van der Waals surface area contributed by atoms with E-state index in [9.17, 15) is 24.3 Å². The predicted molar refractivity (Wildman–Crippen MR) is 183 cm³/mol. The molecule has 11 nitrogen and oxygen atoms in total. The van der Waals surface area contributed by atoms with Gasteiger partial charge in [0.15, 0.2) is 6.10 Å². The number of hydrogen-bond acceptors (Lipinski definition) is 9. The highest BCUT2D eigenvalue weighted by Gasteiger charge is 2.37. The molecule has 0 unspecified atom stereocenters. The molecule has 11 heteroatoms. The van der Waals surface area contributed by atoms with Crippen LogP contribution in [0, 0.1) is 11.8 Å². The van der Waals surface area contributed by atoms with Crippen molar-refractivity contribution in [2.45, 2.75) is 65.0 Å². The fourth-order valence-electron chi connectivity index (χ4n) is 5.90. The SMILES string of the molecule is C=CCNC1=C2C[C@@H](C)C[C@H](OC)[C@H](O)[C@@H](C)/C=C(\C)[C@H](OC(N)=O)[C@H](OC)/C=C\C=C(/C)C(=O)NC(=C(c3ccccc3)C1=O)C2=O. The summed E-state index contributed by atoms with van der Waals surface area (Å²) in [5, 5.41) is 17.2. The van der Waals surface area contributed by atoms with Gasteiger partial charge in [-0.3, -0.25) is 14.4 Å². The molecule has 0 spiro atoms. The molecular weight excluding hydrogens is 614 g/mol. The van der Waals surface area contributed by atoms with Gasteiger partial charge in [0.25, 0.3) is 5.91 Å². The molecule has 48 heavy (non-hydrogen) atoms. The Morgan fingerprint density at radius 3 is 2.40 bits per heavy atom. The minimum Gasteiger partial charge on any atom is -0.439 e. The molecule has 6 atom stereocenters. The van der Waals surface area contributed by atoms with E-state index in [1.807, 2.05) is 6.92 Å². The molecule has 3 rings (SSSR count). The number of rotatable bonds is 7. The molecule has 0 aromatic heterocycles. The number of nitrogens with one attached hydrogen (secondary N) is 2. The number of hydrogen-bond donors (Lipinski definition) is 4. The standard InChI is InChI=1S/C37H47N3O8/c1-8-17-39-30-26-18-21(2)19-28(47-7)32(41)23(4)20-24(5)35(48-37(38)45)27(46-6)16-12-13-22(3)36(44)40-31(33(26)42)29(34(30)43)25-14-10-9-11-15-25/h8-16,20-21,23,27-28,32,35,39,41H,1,17-19H2,2-7H3,(H2,38,45)(H,40,44)/b16-12-,22-13+,24-20+/t21-,23+,27-,28+,32-,35+/m1/s1. The predicted octanol–water partition coefficient (Wildman–Crippen LogP) is 4.07. The number of benzene rings is 1. The van der Waals surface area contributed by atoms with Crippen LogP contribution in [0.25, 0.3) is 5.57 Å². The van der Waals surface area contributed by atoms with Crippen LogP contribution in [-0.2, 0) is 28.6 Å². The molecule has 2 aliphatic rings. The number of carbonyl (C=O) groups is 4. The lowest BCUT2D eigenvalue weighted by Gasteiger charge is -2.30. The van der Waals surface area contributed by atoms with Crippen LogP contribution in [0.2, 0.25) is 0 Å². The lowest BCUT2D eigenvalue weighted by Crippen LogP contribution is -2.39. The molecule has 2 amide bonds. The van der Waals surface area contributed by atoms with Gasteiger partial charge in [0, 0.05) is 37.8 Å². The number of fused-ring (bicyclic) bond motifs is 2. The summed E-state index contributed by atoms with van der Waals surface area (Å²) in [4.78, 5) is 53.9. The van der Waals surface area contributed by atoms with Gasteiger partial charge in [-0.05, 0) is 43.7 Å². The van der Waals surface area contributed by atoms with Crippen LogP contribution in [0.1, 0.15) is 46.1 Å². The first-order chi connectivity index (χ1) is 22.8. The fraction of sp³-hybridized carbons (Fsp3) is 0.405. The van der Waals surface area contributed by atoms with Gasteiger partial charge in [-0.15, -0.1) is 6.58 Å². The van der Waals surface area contributed by atoms with Crippen LogP contribution in [0.3, 0.4) is 0 Å². The summed E-state index contributed by atoms with van der Waals surface area (Å²) in [6.07, 6.45) is 4.13. The normalized spacial score (nSPS) is 29.3. The van der Waals surface area contributed by atoms with E-state index in [4.69, 9.17) is 19.9 Å². The molecule has 0 saturated carbocycles. The summed E-state index contributed by atoms with van der Waals surface area (Å²) in [7, 11) is 2.93. The third kappa shape index (κ3) is 9.27. The van der Waals surface area contributed by atoms with Gasteiger partial charge in [-0.25, -0.2) is 4.79 Å². The molecule has 1 aliphatic carbocycles. The number of ketones is 2. The summed E-state index contributed by atoms with van der Waals surface area (Å²) < 4.78 is 16.8. The van der Waals surface area contributed by atoms with Crippen molar-refractivity contribution in [1.82, 2.24) is 10.6 Å². The molecule has 1 aromatic carbocycles. The summed E-state index contributed by atoms with van der Waals surface area (Å²) in [6.45, 7) is 11.0. The number of Topliss-reactive ketones (excluding diaryl/α,β-unsaturated/α-hetero) is 2. The Bertz CT molecular complexity index is 1540. The first-order valence-corrected chi connectivity index (χ1v) is 15.9. The summed E-state index contributed by atoms with van der Waals surface area (Å²) >= 11 is 0. The number of amides is 2. The zero-order valence-corrected chi connectivity index (χ0v) is 28.4. The van der Waals surface area contributed by atoms with Gasteiger partial charge >= 0.3 is 6.09 Å². The number of carbonyl (C=O) groups excluding carboxylic acids is 4. The quantitative estimate of drug-likeness (QED) is 0.249. The second kappa shape index (κ2) is 17.5. The third-order valence-electron chi connectivity index (χ3n) is 8.43. The average Bonchev–Trinajstić information content (AvgIpc) is 3.06. The average molecular weight is 662 g/mol. The van der Waals surface area contributed by atoms with E-state index in [1.165, 1.54) is 20.3 Å². The second-order valence-electron chi connectivity index (χ2n) is 12.1. The highest BCUT2D eigenvalue weighted by molar-refractivity contribution is 6.39. The van der Waals surface area contributed by atoms with Crippen LogP contribution in [0.5, 0.6) is 0 Å². The Morgan fingerprint density at radius 2 is 1.79 bits per heavy atom. The van der Waals surface area contributed by atoms with Crippen LogP contribution < -0.4 is 16.4 Å². The Labute approximate surface area is 282 Å². The van der Waals surface area contributed by atoms with E-state index in [-0.39, 0.29) is 47.0 Å². The Balaban J connectivity index is 2.23. The van der Waals surface area contributed by atoms with Crippen molar-refractivity contribution in [3.05, 3.63) is 101 Å². The maximum atomic E-state index is 14.3. The van der Waals surface area contributed by atoms with Crippen molar-refractivity contribution in [3.63, 3.8) is 0 Å². The Kier molecular flexibility index (Phi) is 13.8. The topological polar surface area (TPSA) is 166 Å². The number of nitrogens with two attached hydrogens (primary N) is 1. The zero-order valence-electron chi connectivity index (χ0n) is 28.4. The number of methoxy groups -OCH3 is 2. The number of ether oxygens (including phenoxy) is 3. The maximum absolute atomic E-state index is 14.3. The molecule has 258 valence electrons. The zero-order chi connectivity index (χ0) is 35.5. The highest BCUT2D eigenvalue weighted by atomic mass is 16.6. The minimum absolute atomic E-state index is 0.0672. The van der Waals surface area contributed by atoms with E-state index in [0.717, 1.165) is 0 Å². The largest absolute Gasteiger partial charge is 0.439 e. The monoisotopic (exact) mass is 661 g/mol. The van der Waals surface area contributed by atoms with Gasteiger partial charge in [0.05, 0.1) is 23.5 Å². The Hall–Kier alpha value is -4.58. The number of primary amides is 1. The number of aliphatic hydroxyl groups excluding tert-OH is 1. The summed E-state index contributed by atoms with van der Waals surface area (Å²) in [5.74, 6) is -2.23. The fourth-order valence-corrected chi connectivity index (χ4v) is 5.90. The number of aliphatic hydroxyl groups is 1. The van der Waals surface area contributed by atoms with E-state index in [0.29, 0.717) is 17.6 Å². The van der Waals surface area contributed by atoms with E-state index < -0.39 is 53.9 Å². The summed E-state index contributed by atoms with van der Waals surface area (Å²) in [5.41, 5.74) is 6.97. The van der Waals surface area contributed by atoms with Gasteiger partial charge in [0.1, 0.15) is 11.8 Å². The second-order valence-corrected chi connectivity index (χ2v) is 12.1. The van der Waals surface area contributed by atoms with Gasteiger partial charge in [-0.1, -0.05) is 74.6 Å². The molecule has 0 radical (unpaired) electrons. The van der Waals surface area contributed by atoms with Crippen LogP contribution in [-0.4, -0.2) is 73.9 Å². The van der Waals surface area contributed by atoms with Crippen molar-refractivity contribution in [2.75, 3.05) is 20.8 Å². The molecule has 1 aliphatic heterocycles. The van der Waals surface area contributed by atoms with E-state index in [1.54, 1.807) is 75.4 Å². The number of allylic oxidation sites excluding steroid dienone is 4. The van der Waals surface area contributed by atoms with E-state index in [2.05, 4.69) is 17.2 Å². The molecule has 1 aromatic rings. The first kappa shape index (κ1) is 37.9. The van der Waals surface area contributed by atoms with Crippen molar-refractivity contribution < 1.29 is 38.5 Å². The molecule has 5 N–H and O–H groups in total. The molecule has 2 bridgehead atoms. The minimum atomic E-state index is -1.01. The van der Waals surface area contributed by atoms with Gasteiger partial charge in [-0.2, -0.15) is 0 Å². The lowest BCUT2D eigenvalue weighted by atomic mass is 9.81. The molecule has 0 fully saturated rings. The Morgan fingerprint density at radius 1 is 1.10 bits per heavy atom. The first-order valence-electron chi connectivity index (χ1n) is 15.9. The van der Waals surface area contributed by atoms with Crippen LogP contribution in [0.4, 0.5) is 4.79 Å².